The first-order valence-corrected chi connectivity index (χ1v) is 12.6. The molecule has 0 heterocycles. The van der Waals surface area contributed by atoms with Gasteiger partial charge in [0.05, 0.1) is 0 Å². The monoisotopic (exact) mass is 494 g/mol. The summed E-state index contributed by atoms with van der Waals surface area (Å²) in [6.07, 6.45) is 0. The van der Waals surface area contributed by atoms with Crippen molar-refractivity contribution in [2.75, 3.05) is 10.6 Å². The average Bonchev–Trinajstić information content (AvgIpc) is 2.93. The lowest BCUT2D eigenvalue weighted by Crippen LogP contribution is -2.14. The van der Waals surface area contributed by atoms with Gasteiger partial charge in [-0.25, -0.2) is 0 Å². The molecule has 2 amide bonds. The van der Waals surface area contributed by atoms with Crippen LogP contribution in [0.2, 0.25) is 0 Å². The lowest BCUT2D eigenvalue weighted by atomic mass is 9.87. The number of benzene rings is 6. The van der Waals surface area contributed by atoms with Crippen molar-refractivity contribution in [3.63, 3.8) is 0 Å². The van der Waals surface area contributed by atoms with E-state index in [1.165, 1.54) is 0 Å². The van der Waals surface area contributed by atoms with Crippen molar-refractivity contribution in [3.05, 3.63) is 131 Å². The van der Waals surface area contributed by atoms with Gasteiger partial charge in [-0.15, -0.1) is 0 Å². The van der Waals surface area contributed by atoms with Gasteiger partial charge in [-0.3, -0.25) is 9.59 Å². The molecule has 0 aliphatic heterocycles. The Morgan fingerprint density at radius 2 is 0.921 bits per heavy atom. The van der Waals surface area contributed by atoms with Gasteiger partial charge >= 0.3 is 0 Å². The minimum atomic E-state index is -0.186. The zero-order chi connectivity index (χ0) is 26.2. The molecule has 0 spiro atoms. The summed E-state index contributed by atoms with van der Waals surface area (Å²) < 4.78 is 0. The molecule has 2 N–H and O–H groups in total. The van der Waals surface area contributed by atoms with E-state index in [4.69, 9.17) is 0 Å². The van der Waals surface area contributed by atoms with Gasteiger partial charge in [0.2, 0.25) is 0 Å². The zero-order valence-corrected chi connectivity index (χ0v) is 21.2. The molecule has 0 aliphatic rings. The van der Waals surface area contributed by atoms with Gasteiger partial charge in [0.15, 0.2) is 0 Å². The van der Waals surface area contributed by atoms with Crippen molar-refractivity contribution in [2.45, 2.75) is 13.8 Å². The number of carbonyl (C=O) groups excluding carboxylic acids is 2. The third kappa shape index (κ3) is 4.06. The molecule has 6 aromatic carbocycles. The topological polar surface area (TPSA) is 58.2 Å². The Balaban J connectivity index is 1.63. The summed E-state index contributed by atoms with van der Waals surface area (Å²) in [5, 5.41) is 11.8. The second-order valence-electron chi connectivity index (χ2n) is 9.58. The third-order valence-electron chi connectivity index (χ3n) is 7.07. The summed E-state index contributed by atoms with van der Waals surface area (Å²) in [4.78, 5) is 27.2. The second kappa shape index (κ2) is 9.49. The summed E-state index contributed by atoms with van der Waals surface area (Å²) in [5.41, 5.74) is 4.76. The van der Waals surface area contributed by atoms with Crippen LogP contribution < -0.4 is 10.6 Å². The second-order valence-corrected chi connectivity index (χ2v) is 9.58. The number of amides is 2. The highest BCUT2D eigenvalue weighted by Crippen LogP contribution is 2.39. The first-order valence-electron chi connectivity index (χ1n) is 12.6. The number of aryl methyl sites for hydroxylation is 2. The van der Waals surface area contributed by atoms with E-state index in [2.05, 4.69) is 36.6 Å². The molecule has 6 rings (SSSR count). The van der Waals surface area contributed by atoms with Crippen molar-refractivity contribution >= 4 is 55.5 Å². The van der Waals surface area contributed by atoms with Gasteiger partial charge in [-0.1, -0.05) is 72.8 Å². The summed E-state index contributed by atoms with van der Waals surface area (Å²) in [5.74, 6) is -0.372. The van der Waals surface area contributed by atoms with Crippen LogP contribution in [0.3, 0.4) is 0 Å². The summed E-state index contributed by atoms with van der Waals surface area (Å²) in [7, 11) is 0. The maximum absolute atomic E-state index is 13.6. The highest BCUT2D eigenvalue weighted by Gasteiger charge is 2.20. The van der Waals surface area contributed by atoms with Crippen LogP contribution >= 0.6 is 0 Å². The van der Waals surface area contributed by atoms with Crippen LogP contribution in [-0.2, 0) is 0 Å². The predicted octanol–water partition coefficient (Wildman–Crippen LogP) is 8.27. The molecule has 0 radical (unpaired) electrons. The van der Waals surface area contributed by atoms with E-state index in [1.807, 2.05) is 97.1 Å². The minimum absolute atomic E-state index is 0.186. The van der Waals surface area contributed by atoms with Crippen LogP contribution in [-0.4, -0.2) is 11.8 Å². The molecule has 4 nitrogen and oxygen atoms in total. The SMILES string of the molecule is Cc1cccc2c(C(=O)Nc3ccccc3)cc3cc(C(=O)Nc4ccccc4)c4cccc(C)c4c3c12. The highest BCUT2D eigenvalue weighted by atomic mass is 16.2. The molecule has 6 aromatic rings. The normalized spacial score (nSPS) is 11.1. The number of rotatable bonds is 4. The maximum Gasteiger partial charge on any atom is 0.256 e. The van der Waals surface area contributed by atoms with Crippen LogP contribution in [0.4, 0.5) is 11.4 Å². The lowest BCUT2D eigenvalue weighted by Gasteiger charge is -2.18. The predicted molar refractivity (Wildman–Crippen MR) is 157 cm³/mol. The van der Waals surface area contributed by atoms with Crippen molar-refractivity contribution in [3.8, 4) is 0 Å². The molecule has 0 atom stereocenters. The maximum atomic E-state index is 13.6. The van der Waals surface area contributed by atoms with Gasteiger partial charge in [0, 0.05) is 22.5 Å². The number of fused-ring (bicyclic) bond motifs is 5. The molecular weight excluding hydrogens is 468 g/mol. The lowest BCUT2D eigenvalue weighted by molar-refractivity contribution is 0.102. The molecule has 0 saturated carbocycles. The minimum Gasteiger partial charge on any atom is -0.322 e. The van der Waals surface area contributed by atoms with E-state index in [1.54, 1.807) is 0 Å². The number of carbonyl (C=O) groups is 2. The summed E-state index contributed by atoms with van der Waals surface area (Å²) in [6, 6.07) is 34.8. The highest BCUT2D eigenvalue weighted by molar-refractivity contribution is 6.30. The van der Waals surface area contributed by atoms with Crippen molar-refractivity contribution in [2.24, 2.45) is 0 Å². The fraction of sp³-hybridized carbons (Fsp3) is 0.0588. The summed E-state index contributed by atoms with van der Waals surface area (Å²) in [6.45, 7) is 4.14. The Labute approximate surface area is 220 Å². The van der Waals surface area contributed by atoms with E-state index in [0.29, 0.717) is 11.1 Å². The quantitative estimate of drug-likeness (QED) is 0.242. The van der Waals surface area contributed by atoms with Gasteiger partial charge in [0.25, 0.3) is 11.8 Å². The fourth-order valence-electron chi connectivity index (χ4n) is 5.33. The van der Waals surface area contributed by atoms with E-state index in [0.717, 1.165) is 54.8 Å². The Hall–Kier alpha value is -4.96. The summed E-state index contributed by atoms with van der Waals surface area (Å²) >= 11 is 0. The zero-order valence-electron chi connectivity index (χ0n) is 21.2. The Morgan fingerprint density at radius 1 is 0.500 bits per heavy atom. The number of nitrogens with one attached hydrogen (secondary N) is 2. The largest absolute Gasteiger partial charge is 0.322 e. The van der Waals surface area contributed by atoms with Crippen LogP contribution in [0.5, 0.6) is 0 Å². The third-order valence-corrected chi connectivity index (χ3v) is 7.07. The molecule has 0 bridgehead atoms. The smallest absolute Gasteiger partial charge is 0.256 e. The van der Waals surface area contributed by atoms with Gasteiger partial charge in [-0.05, 0) is 93.7 Å². The molecule has 0 saturated heterocycles. The van der Waals surface area contributed by atoms with E-state index < -0.39 is 0 Å². The Morgan fingerprint density at radius 3 is 1.34 bits per heavy atom. The fourth-order valence-corrected chi connectivity index (χ4v) is 5.33. The molecular formula is C34H26N2O2. The number of para-hydroxylation sites is 2. The van der Waals surface area contributed by atoms with Gasteiger partial charge < -0.3 is 10.6 Å². The molecule has 0 fully saturated rings. The first kappa shape index (κ1) is 23.4. The van der Waals surface area contributed by atoms with Gasteiger partial charge in [-0.2, -0.15) is 0 Å². The van der Waals surface area contributed by atoms with Crippen LogP contribution in [0.1, 0.15) is 31.8 Å². The molecule has 184 valence electrons. The molecule has 0 unspecified atom stereocenters. The van der Waals surface area contributed by atoms with Crippen molar-refractivity contribution in [1.82, 2.24) is 0 Å². The van der Waals surface area contributed by atoms with Crippen LogP contribution in [0.25, 0.3) is 32.3 Å². The van der Waals surface area contributed by atoms with Crippen LogP contribution in [0, 0.1) is 13.8 Å². The average molecular weight is 495 g/mol. The number of hydrogen-bond acceptors (Lipinski definition) is 2. The van der Waals surface area contributed by atoms with Gasteiger partial charge in [0.1, 0.15) is 0 Å². The molecule has 0 aliphatic carbocycles. The number of anilines is 2. The Bertz CT molecular complexity index is 1730. The first-order chi connectivity index (χ1) is 18.5. The number of hydrogen-bond donors (Lipinski definition) is 2. The van der Waals surface area contributed by atoms with Crippen molar-refractivity contribution < 1.29 is 9.59 Å². The van der Waals surface area contributed by atoms with E-state index >= 15 is 0 Å². The Kier molecular flexibility index (Phi) is 5.85. The van der Waals surface area contributed by atoms with E-state index in [-0.39, 0.29) is 11.8 Å². The standard InChI is InChI=1S/C34H26N2O2/c1-21-11-9-17-26-28(33(37)35-24-13-5-3-6-14-24)19-23-20-29(34(38)36-25-15-7-4-8-16-25)27-18-10-12-22(2)31(27)32(23)30(21)26/h3-20H,1-2H3,(H,35,37)(H,36,38). The molecule has 0 aromatic heterocycles. The van der Waals surface area contributed by atoms with Crippen LogP contribution in [0.15, 0.2) is 109 Å². The molecule has 38 heavy (non-hydrogen) atoms. The molecule has 4 heteroatoms. The van der Waals surface area contributed by atoms with Crippen molar-refractivity contribution in [1.29, 1.82) is 0 Å². The van der Waals surface area contributed by atoms with E-state index in [9.17, 15) is 9.59 Å².